The van der Waals surface area contributed by atoms with E-state index < -0.39 is 23.7 Å². The van der Waals surface area contributed by atoms with Crippen LogP contribution in [-0.4, -0.2) is 50.8 Å². The molecule has 0 bridgehead atoms. The predicted octanol–water partition coefficient (Wildman–Crippen LogP) is 3.41. The van der Waals surface area contributed by atoms with Gasteiger partial charge in [-0.05, 0) is 30.2 Å². The molecule has 4 rings (SSSR count). The molecule has 0 unspecified atom stereocenters. The van der Waals surface area contributed by atoms with Crippen LogP contribution in [0, 0.1) is 5.82 Å². The number of nitrogens with zero attached hydrogens (tertiary/aromatic N) is 3. The zero-order valence-electron chi connectivity index (χ0n) is 18.7. The molecule has 1 aliphatic rings. The van der Waals surface area contributed by atoms with Crippen molar-refractivity contribution in [2.75, 3.05) is 18.5 Å². The van der Waals surface area contributed by atoms with E-state index >= 15 is 0 Å². The highest BCUT2D eigenvalue weighted by Crippen LogP contribution is 2.28. The lowest BCUT2D eigenvalue weighted by atomic mass is 10.0. The van der Waals surface area contributed by atoms with Gasteiger partial charge < -0.3 is 20.1 Å². The first-order valence-corrected chi connectivity index (χ1v) is 11.4. The van der Waals surface area contributed by atoms with Crippen molar-refractivity contribution in [3.05, 3.63) is 89.0 Å². The Morgan fingerprint density at radius 1 is 1.20 bits per heavy atom. The van der Waals surface area contributed by atoms with Crippen molar-refractivity contribution >= 4 is 29.2 Å². The number of carbonyl (C=O) groups excluding carboxylic acids is 2. The zero-order valence-corrected chi connectivity index (χ0v) is 19.5. The summed E-state index contributed by atoms with van der Waals surface area (Å²) in [6.45, 7) is 0.527. The van der Waals surface area contributed by atoms with Crippen LogP contribution in [0.5, 0.6) is 5.75 Å². The third-order valence-corrected chi connectivity index (χ3v) is 5.77. The molecule has 2 N–H and O–H groups in total. The highest BCUT2D eigenvalue weighted by Gasteiger charge is 2.35. The van der Waals surface area contributed by atoms with E-state index in [0.717, 1.165) is 0 Å². The summed E-state index contributed by atoms with van der Waals surface area (Å²) in [4.78, 5) is 27.5. The molecule has 35 heavy (non-hydrogen) atoms. The second kappa shape index (κ2) is 11.2. The minimum absolute atomic E-state index is 0.0154. The topological polar surface area (TPSA) is 96.7 Å². The number of nitrogens with one attached hydrogen (secondary N) is 1. The molecule has 0 saturated heterocycles. The molecule has 0 radical (unpaired) electrons. The number of rotatable bonds is 10. The van der Waals surface area contributed by atoms with Crippen molar-refractivity contribution in [2.45, 2.75) is 25.4 Å². The quantitative estimate of drug-likeness (QED) is 0.446. The maximum absolute atomic E-state index is 14.4. The summed E-state index contributed by atoms with van der Waals surface area (Å²) in [5, 5.41) is 16.4. The van der Waals surface area contributed by atoms with Gasteiger partial charge >= 0.3 is 0 Å². The lowest BCUT2D eigenvalue weighted by Gasteiger charge is -2.27. The average molecular weight is 499 g/mol. The highest BCUT2D eigenvalue weighted by atomic mass is 35.5. The van der Waals surface area contributed by atoms with Gasteiger partial charge in [0.2, 0.25) is 5.91 Å². The zero-order chi connectivity index (χ0) is 24.8. The van der Waals surface area contributed by atoms with Crippen molar-refractivity contribution in [1.82, 2.24) is 14.7 Å². The number of ether oxygens (including phenoxy) is 1. The van der Waals surface area contributed by atoms with Crippen LogP contribution >= 0.6 is 11.6 Å². The Morgan fingerprint density at radius 2 is 1.97 bits per heavy atom. The molecule has 10 heteroatoms. The molecule has 0 saturated carbocycles. The summed E-state index contributed by atoms with van der Waals surface area (Å²) in [5.74, 6) is -0.413. The fourth-order valence-corrected chi connectivity index (χ4v) is 3.89. The van der Waals surface area contributed by atoms with Crippen molar-refractivity contribution in [2.24, 2.45) is 0 Å². The van der Waals surface area contributed by atoms with Crippen LogP contribution in [0.1, 0.15) is 12.0 Å². The molecule has 1 aromatic heterocycles. The first-order chi connectivity index (χ1) is 16.9. The molecule has 2 aromatic carbocycles. The highest BCUT2D eigenvalue weighted by molar-refractivity contribution is 6.32. The number of anilines is 1. The van der Waals surface area contributed by atoms with E-state index in [1.165, 1.54) is 17.0 Å². The summed E-state index contributed by atoms with van der Waals surface area (Å²) in [5.41, 5.74) is 0.300. The number of para-hydroxylation sites is 1. The summed E-state index contributed by atoms with van der Waals surface area (Å²) in [7, 11) is 0. The first-order valence-electron chi connectivity index (χ1n) is 11.1. The fourth-order valence-electron chi connectivity index (χ4n) is 3.72. The van der Waals surface area contributed by atoms with E-state index in [4.69, 9.17) is 21.4 Å². The normalized spacial score (nSPS) is 14.1. The average Bonchev–Trinajstić information content (AvgIpc) is 3.44. The van der Waals surface area contributed by atoms with E-state index in [0.29, 0.717) is 40.9 Å². The van der Waals surface area contributed by atoms with Crippen molar-refractivity contribution < 1.29 is 23.8 Å². The molecule has 182 valence electrons. The number of aryl methyl sites for hydroxylation is 1. The van der Waals surface area contributed by atoms with E-state index in [-0.39, 0.29) is 19.6 Å². The summed E-state index contributed by atoms with van der Waals surface area (Å²) in [6, 6.07) is 13.6. The summed E-state index contributed by atoms with van der Waals surface area (Å²) in [6.07, 6.45) is 3.46. The number of carbonyl (C=O) groups is 2. The Bertz CT molecular complexity index is 1250. The van der Waals surface area contributed by atoms with Gasteiger partial charge in [-0.15, -0.1) is 0 Å². The molecule has 0 aliphatic carbocycles. The van der Waals surface area contributed by atoms with Crippen LogP contribution in [-0.2, 0) is 22.6 Å². The van der Waals surface area contributed by atoms with Gasteiger partial charge in [-0.25, -0.2) is 4.39 Å². The largest absolute Gasteiger partial charge is 0.458 e. The Kier molecular flexibility index (Phi) is 7.79. The standard InChI is InChI=1S/C25H24ClFN4O4/c26-19-7-2-4-9-22(19)35-18-15-24(33)31(16-18)21(14-17-6-1-3-8-20(17)27)25(34)28-23-10-12-30(29-23)11-5-13-32/h1-4,6-10,12,15,21,32H,5,11,13-14,16H2,(H,28,29,34)/t21-/m0/s1. The number of halogens is 2. The fraction of sp³-hybridized carbons (Fsp3) is 0.240. The van der Waals surface area contributed by atoms with Gasteiger partial charge in [-0.3, -0.25) is 14.3 Å². The third-order valence-electron chi connectivity index (χ3n) is 5.46. The molecular weight excluding hydrogens is 475 g/mol. The van der Waals surface area contributed by atoms with Crippen LogP contribution in [0.15, 0.2) is 72.6 Å². The lowest BCUT2D eigenvalue weighted by molar-refractivity contribution is -0.133. The first kappa shape index (κ1) is 24.4. The van der Waals surface area contributed by atoms with Gasteiger partial charge in [0.25, 0.3) is 5.91 Å². The number of aliphatic hydroxyl groups excluding tert-OH is 1. The van der Waals surface area contributed by atoms with Gasteiger partial charge in [0.15, 0.2) is 5.82 Å². The number of benzene rings is 2. The van der Waals surface area contributed by atoms with Crippen LogP contribution < -0.4 is 10.1 Å². The Hall–Kier alpha value is -3.69. The minimum Gasteiger partial charge on any atom is -0.458 e. The van der Waals surface area contributed by atoms with Crippen molar-refractivity contribution in [1.29, 1.82) is 0 Å². The Morgan fingerprint density at radius 3 is 2.74 bits per heavy atom. The molecule has 2 amide bonds. The van der Waals surface area contributed by atoms with Gasteiger partial charge in [0.05, 0.1) is 11.6 Å². The molecule has 1 atom stereocenters. The number of hydrogen-bond donors (Lipinski definition) is 2. The van der Waals surface area contributed by atoms with E-state index in [2.05, 4.69) is 10.4 Å². The van der Waals surface area contributed by atoms with Crippen molar-refractivity contribution in [3.8, 4) is 5.75 Å². The van der Waals surface area contributed by atoms with Crippen LogP contribution in [0.2, 0.25) is 5.02 Å². The number of aromatic nitrogens is 2. The Labute approximate surface area is 206 Å². The maximum Gasteiger partial charge on any atom is 0.251 e. The summed E-state index contributed by atoms with van der Waals surface area (Å²) < 4.78 is 21.8. The van der Waals surface area contributed by atoms with Crippen molar-refractivity contribution in [3.63, 3.8) is 0 Å². The van der Waals surface area contributed by atoms with Gasteiger partial charge in [0.1, 0.15) is 23.4 Å². The molecule has 2 heterocycles. The summed E-state index contributed by atoms with van der Waals surface area (Å²) >= 11 is 6.16. The molecule has 0 fully saturated rings. The number of aliphatic hydroxyl groups is 1. The van der Waals surface area contributed by atoms with Crippen LogP contribution in [0.4, 0.5) is 10.2 Å². The van der Waals surface area contributed by atoms with Gasteiger partial charge in [0, 0.05) is 37.9 Å². The lowest BCUT2D eigenvalue weighted by Crippen LogP contribution is -2.47. The second-order valence-corrected chi connectivity index (χ2v) is 8.36. The van der Waals surface area contributed by atoms with Gasteiger partial charge in [-0.1, -0.05) is 41.9 Å². The van der Waals surface area contributed by atoms with Gasteiger partial charge in [-0.2, -0.15) is 5.10 Å². The molecular formula is C25H24ClFN4O4. The molecule has 8 nitrogen and oxygen atoms in total. The van der Waals surface area contributed by atoms with E-state index in [1.807, 2.05) is 0 Å². The number of hydrogen-bond acceptors (Lipinski definition) is 5. The van der Waals surface area contributed by atoms with E-state index in [1.54, 1.807) is 59.4 Å². The second-order valence-electron chi connectivity index (χ2n) is 7.95. The molecule has 1 aliphatic heterocycles. The smallest absolute Gasteiger partial charge is 0.251 e. The van der Waals surface area contributed by atoms with Crippen LogP contribution in [0.3, 0.4) is 0 Å². The number of amides is 2. The maximum atomic E-state index is 14.4. The predicted molar refractivity (Wildman–Crippen MR) is 128 cm³/mol. The monoisotopic (exact) mass is 498 g/mol. The van der Waals surface area contributed by atoms with E-state index in [9.17, 15) is 14.0 Å². The molecule has 0 spiro atoms. The third kappa shape index (κ3) is 6.06. The molecule has 3 aromatic rings. The Balaban J connectivity index is 1.53. The minimum atomic E-state index is -1.02. The SMILES string of the molecule is O=C(Nc1ccn(CCCO)n1)[C@H](Cc1ccccc1F)N1CC(Oc2ccccc2Cl)=CC1=O. The van der Waals surface area contributed by atoms with Crippen LogP contribution in [0.25, 0.3) is 0 Å².